The lowest BCUT2D eigenvalue weighted by Crippen LogP contribution is -2.20. The number of alkyl halides is 6. The van der Waals surface area contributed by atoms with Gasteiger partial charge in [-0.25, -0.2) is 30.7 Å². The molecule has 200 valence electrons. The highest BCUT2D eigenvalue weighted by Gasteiger charge is 2.50. The lowest BCUT2D eigenvalue weighted by Gasteiger charge is -2.22. The van der Waals surface area contributed by atoms with Crippen molar-refractivity contribution < 1.29 is 66.5 Å². The Morgan fingerprint density at radius 1 is 0.486 bits per heavy atom. The minimum absolute atomic E-state index is 0.149. The van der Waals surface area contributed by atoms with E-state index in [4.69, 9.17) is 11.5 Å². The molecule has 4 N–H and O–H groups in total. The highest BCUT2D eigenvalue weighted by Crippen LogP contribution is 2.51. The summed E-state index contributed by atoms with van der Waals surface area (Å²) in [6.07, 6.45) is -12.4. The zero-order valence-corrected chi connectivity index (χ0v) is 17.1. The smallest absolute Gasteiger partial charge is 0.420 e. The zero-order valence-electron chi connectivity index (χ0n) is 17.1. The fourth-order valence-corrected chi connectivity index (χ4v) is 2.89. The van der Waals surface area contributed by atoms with Gasteiger partial charge in [0.05, 0.1) is 0 Å². The lowest BCUT2D eigenvalue weighted by molar-refractivity contribution is -0.164. The Morgan fingerprint density at radius 2 is 0.865 bits per heavy atom. The van der Waals surface area contributed by atoms with Crippen LogP contribution in [0.15, 0.2) is 18.2 Å². The van der Waals surface area contributed by atoms with E-state index >= 15 is 0 Å². The minimum Gasteiger partial charge on any atom is -0.450 e. The largest absolute Gasteiger partial charge is 0.450 e. The van der Waals surface area contributed by atoms with Crippen LogP contribution >= 0.6 is 0 Å². The minimum atomic E-state index is -6.23. The second kappa shape index (κ2) is 9.11. The van der Waals surface area contributed by atoms with Crippen molar-refractivity contribution in [3.05, 3.63) is 70.0 Å². The third-order valence-corrected chi connectivity index (χ3v) is 4.51. The number of anilines is 2. The Balaban J connectivity index is 2.38. The van der Waals surface area contributed by atoms with Crippen LogP contribution in [-0.4, -0.2) is 0 Å². The van der Waals surface area contributed by atoms with E-state index in [0.29, 0.717) is 0 Å². The van der Waals surface area contributed by atoms with Gasteiger partial charge in [0.25, 0.3) is 0 Å². The molecule has 0 aliphatic heterocycles. The van der Waals surface area contributed by atoms with E-state index in [0.717, 1.165) is 0 Å². The first-order chi connectivity index (χ1) is 16.9. The number of halogens is 13. The van der Waals surface area contributed by atoms with Gasteiger partial charge in [-0.15, -0.1) is 0 Å². The SMILES string of the molecule is Nc1c(F)cc(F)c(Oc2cc(Oc3c(F)cc(F)c(N)c3F)c(C(F)(F)F)c(C(F)(F)F)c2F)c1F. The number of hydrogen-bond acceptors (Lipinski definition) is 4. The van der Waals surface area contributed by atoms with Gasteiger partial charge in [0, 0.05) is 18.2 Å². The molecular formula is C20H7F13N2O2. The number of benzene rings is 3. The van der Waals surface area contributed by atoms with Crippen LogP contribution in [0.4, 0.5) is 68.5 Å². The number of rotatable bonds is 4. The number of nitrogens with two attached hydrogens (primary N) is 2. The molecule has 0 unspecified atom stereocenters. The van der Waals surface area contributed by atoms with Gasteiger partial charge < -0.3 is 20.9 Å². The maximum absolute atomic E-state index is 14.7. The maximum Gasteiger partial charge on any atom is 0.420 e. The molecule has 0 radical (unpaired) electrons. The van der Waals surface area contributed by atoms with E-state index < -0.39 is 105 Å². The predicted molar refractivity (Wildman–Crippen MR) is 98.0 cm³/mol. The van der Waals surface area contributed by atoms with Crippen molar-refractivity contribution in [3.63, 3.8) is 0 Å². The first kappa shape index (κ1) is 27.5. The Morgan fingerprint density at radius 3 is 1.24 bits per heavy atom. The molecule has 3 rings (SSSR count). The summed E-state index contributed by atoms with van der Waals surface area (Å²) in [7, 11) is 0. The second-order valence-corrected chi connectivity index (χ2v) is 6.93. The monoisotopic (exact) mass is 554 g/mol. The van der Waals surface area contributed by atoms with Crippen molar-refractivity contribution in [1.29, 1.82) is 0 Å². The van der Waals surface area contributed by atoms with Crippen LogP contribution in [0.2, 0.25) is 0 Å². The Kier molecular flexibility index (Phi) is 6.78. The molecule has 4 nitrogen and oxygen atoms in total. The molecule has 3 aromatic rings. The van der Waals surface area contributed by atoms with E-state index in [1.165, 1.54) is 0 Å². The van der Waals surface area contributed by atoms with Crippen LogP contribution < -0.4 is 20.9 Å². The average molecular weight is 554 g/mol. The second-order valence-electron chi connectivity index (χ2n) is 6.93. The predicted octanol–water partition coefficient (Wildman–Crippen LogP) is 7.45. The molecule has 0 aromatic heterocycles. The molecule has 0 bridgehead atoms. The van der Waals surface area contributed by atoms with Crippen LogP contribution in [0.5, 0.6) is 23.0 Å². The van der Waals surface area contributed by atoms with Gasteiger partial charge >= 0.3 is 12.4 Å². The molecule has 0 spiro atoms. The third kappa shape index (κ3) is 4.97. The van der Waals surface area contributed by atoms with E-state index in [1.807, 2.05) is 0 Å². The molecule has 37 heavy (non-hydrogen) atoms. The lowest BCUT2D eigenvalue weighted by atomic mass is 10.0. The molecule has 0 aliphatic carbocycles. The van der Waals surface area contributed by atoms with Crippen molar-refractivity contribution in [2.24, 2.45) is 0 Å². The van der Waals surface area contributed by atoms with Crippen LogP contribution in [0, 0.1) is 40.7 Å². The van der Waals surface area contributed by atoms with Crippen LogP contribution in [0.25, 0.3) is 0 Å². The maximum atomic E-state index is 14.7. The van der Waals surface area contributed by atoms with Gasteiger partial charge in [0.1, 0.15) is 28.3 Å². The number of hydrogen-bond donors (Lipinski definition) is 2. The molecule has 0 fully saturated rings. The fraction of sp³-hybridized carbons (Fsp3) is 0.100. The summed E-state index contributed by atoms with van der Waals surface area (Å²) < 4.78 is 188. The van der Waals surface area contributed by atoms with E-state index in [-0.39, 0.29) is 12.1 Å². The summed E-state index contributed by atoms with van der Waals surface area (Å²) in [4.78, 5) is 0. The van der Waals surface area contributed by atoms with E-state index in [1.54, 1.807) is 0 Å². The molecule has 0 saturated carbocycles. The van der Waals surface area contributed by atoms with Gasteiger partial charge in [0.15, 0.2) is 46.5 Å². The van der Waals surface area contributed by atoms with Gasteiger partial charge in [-0.2, -0.15) is 26.3 Å². The summed E-state index contributed by atoms with van der Waals surface area (Å²) in [6.45, 7) is 0. The highest BCUT2D eigenvalue weighted by molar-refractivity contribution is 5.56. The summed E-state index contributed by atoms with van der Waals surface area (Å²) in [5.41, 5.74) is 0.698. The van der Waals surface area contributed by atoms with Gasteiger partial charge in [-0.1, -0.05) is 0 Å². The summed E-state index contributed by atoms with van der Waals surface area (Å²) in [5.74, 6) is -22.9. The molecule has 3 aromatic carbocycles. The quantitative estimate of drug-likeness (QED) is 0.260. The van der Waals surface area contributed by atoms with Gasteiger partial charge in [-0.3, -0.25) is 0 Å². The summed E-state index contributed by atoms with van der Waals surface area (Å²) >= 11 is 0. The third-order valence-electron chi connectivity index (χ3n) is 4.51. The van der Waals surface area contributed by atoms with Crippen molar-refractivity contribution in [2.75, 3.05) is 11.5 Å². The normalized spacial score (nSPS) is 12.1. The van der Waals surface area contributed by atoms with Crippen molar-refractivity contribution in [1.82, 2.24) is 0 Å². The molecule has 0 atom stereocenters. The van der Waals surface area contributed by atoms with Crippen molar-refractivity contribution in [2.45, 2.75) is 12.4 Å². The molecular weight excluding hydrogens is 547 g/mol. The number of ether oxygens (including phenoxy) is 2. The Bertz CT molecular complexity index is 1400. The van der Waals surface area contributed by atoms with Crippen LogP contribution in [-0.2, 0) is 12.4 Å². The summed E-state index contributed by atoms with van der Waals surface area (Å²) in [5, 5.41) is 0. The van der Waals surface area contributed by atoms with Crippen LogP contribution in [0.3, 0.4) is 0 Å². The zero-order chi connectivity index (χ0) is 28.2. The van der Waals surface area contributed by atoms with Crippen molar-refractivity contribution in [3.8, 4) is 23.0 Å². The van der Waals surface area contributed by atoms with Gasteiger partial charge in [0.2, 0.25) is 11.5 Å². The Hall–Kier alpha value is -4.05. The average Bonchev–Trinajstić information content (AvgIpc) is 2.76. The molecule has 0 amide bonds. The Labute approximate surface area is 195 Å². The topological polar surface area (TPSA) is 70.5 Å². The molecule has 0 aliphatic rings. The fourth-order valence-electron chi connectivity index (χ4n) is 2.89. The van der Waals surface area contributed by atoms with Crippen LogP contribution in [0.1, 0.15) is 11.1 Å². The van der Waals surface area contributed by atoms with E-state index in [9.17, 15) is 57.1 Å². The highest BCUT2D eigenvalue weighted by atomic mass is 19.4. The first-order valence-corrected chi connectivity index (χ1v) is 9.08. The first-order valence-electron chi connectivity index (χ1n) is 9.08. The van der Waals surface area contributed by atoms with Gasteiger partial charge in [-0.05, 0) is 0 Å². The van der Waals surface area contributed by atoms with E-state index in [2.05, 4.69) is 9.47 Å². The molecule has 0 saturated heterocycles. The standard InChI is InChI=1S/C20H7F13N2O2/c21-4-1-6(23)17(13(26)15(4)34)36-8-3-9(37-18-7(24)2-5(22)16(35)14(18)27)12(25)11(20(31,32)33)10(8)19(28,29)30/h1-3H,34-35H2. The number of nitrogen functional groups attached to an aromatic ring is 2. The summed E-state index contributed by atoms with van der Waals surface area (Å²) in [6, 6.07) is -0.743. The van der Waals surface area contributed by atoms with Crippen molar-refractivity contribution >= 4 is 11.4 Å². The molecule has 0 heterocycles. The molecule has 17 heteroatoms.